The van der Waals surface area contributed by atoms with Crippen LogP contribution in [0.1, 0.15) is 19.3 Å². The van der Waals surface area contributed by atoms with Crippen molar-refractivity contribution in [3.05, 3.63) is 58.7 Å². The number of piperidine rings is 1. The summed E-state index contributed by atoms with van der Waals surface area (Å²) >= 11 is 12.2. The molecule has 1 amide bonds. The van der Waals surface area contributed by atoms with Gasteiger partial charge in [-0.05, 0) is 61.7 Å². The van der Waals surface area contributed by atoms with E-state index in [1.807, 2.05) is 24.3 Å². The molecule has 2 aromatic carbocycles. The number of sulfonamides is 1. The number of amides is 1. The Morgan fingerprint density at radius 2 is 2.00 bits per heavy atom. The fourth-order valence-electron chi connectivity index (χ4n) is 4.27. The highest BCUT2D eigenvalue weighted by atomic mass is 35.5. The zero-order chi connectivity index (χ0) is 25.7. The highest BCUT2D eigenvalue weighted by Crippen LogP contribution is 2.30. The van der Waals surface area contributed by atoms with Gasteiger partial charge < -0.3 is 15.4 Å². The smallest absolute Gasteiger partial charge is 0.243 e. The second kappa shape index (κ2) is 11.6. The Labute approximate surface area is 221 Å². The molecule has 1 fully saturated rings. The van der Waals surface area contributed by atoms with E-state index < -0.39 is 15.9 Å². The predicted octanol–water partition coefficient (Wildman–Crippen LogP) is 4.57. The average Bonchev–Trinajstić information content (AvgIpc) is 2.88. The zero-order valence-electron chi connectivity index (χ0n) is 19.8. The number of ether oxygens (including phenoxy) is 1. The molecule has 3 aromatic rings. The Bertz CT molecular complexity index is 1350. The third-order valence-electron chi connectivity index (χ3n) is 6.19. The molecule has 1 aromatic heterocycles. The largest absolute Gasteiger partial charge is 0.495 e. The SMILES string of the molecule is COc1ccc(S(=O)(=O)N2CCC[C@@H](C(=O)NCCCNc3ccnc4cc(Cl)ccc34)C2)cc1Cl. The first-order valence-corrected chi connectivity index (χ1v) is 13.9. The van der Waals surface area contributed by atoms with Crippen LogP contribution in [-0.2, 0) is 14.8 Å². The van der Waals surface area contributed by atoms with Crippen LogP contribution in [0, 0.1) is 5.92 Å². The number of hydrogen-bond donors (Lipinski definition) is 2. The van der Waals surface area contributed by atoms with Gasteiger partial charge in [-0.15, -0.1) is 0 Å². The number of nitrogens with zero attached hydrogens (tertiary/aromatic N) is 2. The van der Waals surface area contributed by atoms with Crippen LogP contribution in [0.15, 0.2) is 53.6 Å². The highest BCUT2D eigenvalue weighted by Gasteiger charge is 2.33. The number of methoxy groups -OCH3 is 1. The Balaban J connectivity index is 1.28. The van der Waals surface area contributed by atoms with Crippen molar-refractivity contribution in [3.63, 3.8) is 0 Å². The summed E-state index contributed by atoms with van der Waals surface area (Å²) in [5.41, 5.74) is 1.77. The Kier molecular flexibility index (Phi) is 8.56. The molecular formula is C25H28Cl2N4O4S. The first kappa shape index (κ1) is 26.5. The molecule has 0 radical (unpaired) electrons. The van der Waals surface area contributed by atoms with Gasteiger partial charge in [0, 0.05) is 48.5 Å². The molecule has 2 heterocycles. The fraction of sp³-hybridized carbons (Fsp3) is 0.360. The van der Waals surface area contributed by atoms with Crippen molar-refractivity contribution in [2.24, 2.45) is 5.92 Å². The molecule has 1 saturated heterocycles. The van der Waals surface area contributed by atoms with E-state index in [0.29, 0.717) is 49.7 Å². The number of nitrogens with one attached hydrogen (secondary N) is 2. The monoisotopic (exact) mass is 550 g/mol. The van der Waals surface area contributed by atoms with Gasteiger partial charge in [0.25, 0.3) is 0 Å². The molecule has 11 heteroatoms. The van der Waals surface area contributed by atoms with E-state index in [-0.39, 0.29) is 22.4 Å². The lowest BCUT2D eigenvalue weighted by Crippen LogP contribution is -2.45. The number of benzene rings is 2. The molecule has 0 unspecified atom stereocenters. The maximum absolute atomic E-state index is 13.1. The molecule has 1 atom stereocenters. The molecule has 0 spiro atoms. The van der Waals surface area contributed by atoms with Gasteiger partial charge in [-0.25, -0.2) is 8.42 Å². The van der Waals surface area contributed by atoms with Crippen molar-refractivity contribution in [3.8, 4) is 5.75 Å². The summed E-state index contributed by atoms with van der Waals surface area (Å²) in [7, 11) is -2.30. The first-order valence-electron chi connectivity index (χ1n) is 11.7. The minimum Gasteiger partial charge on any atom is -0.495 e. The number of fused-ring (bicyclic) bond motifs is 1. The third-order valence-corrected chi connectivity index (χ3v) is 8.58. The van der Waals surface area contributed by atoms with Gasteiger partial charge in [-0.3, -0.25) is 9.78 Å². The normalized spacial score (nSPS) is 16.6. The van der Waals surface area contributed by atoms with E-state index in [1.165, 1.54) is 29.6 Å². The molecule has 1 aliphatic heterocycles. The van der Waals surface area contributed by atoms with Crippen molar-refractivity contribution in [2.75, 3.05) is 38.6 Å². The van der Waals surface area contributed by atoms with Crippen molar-refractivity contribution in [2.45, 2.75) is 24.2 Å². The van der Waals surface area contributed by atoms with Gasteiger partial charge >= 0.3 is 0 Å². The number of halogens is 2. The van der Waals surface area contributed by atoms with Crippen LogP contribution < -0.4 is 15.4 Å². The molecule has 0 aliphatic carbocycles. The van der Waals surface area contributed by atoms with Crippen LogP contribution >= 0.6 is 23.2 Å². The summed E-state index contributed by atoms with van der Waals surface area (Å²) in [4.78, 5) is 17.2. The zero-order valence-corrected chi connectivity index (χ0v) is 22.2. The number of pyridine rings is 1. The predicted molar refractivity (Wildman–Crippen MR) is 142 cm³/mol. The molecular weight excluding hydrogens is 523 g/mol. The summed E-state index contributed by atoms with van der Waals surface area (Å²) in [5.74, 6) is -0.127. The molecule has 0 bridgehead atoms. The molecule has 36 heavy (non-hydrogen) atoms. The summed E-state index contributed by atoms with van der Waals surface area (Å²) < 4.78 is 32.7. The van der Waals surface area contributed by atoms with Gasteiger partial charge in [0.15, 0.2) is 0 Å². The van der Waals surface area contributed by atoms with E-state index in [2.05, 4.69) is 15.6 Å². The maximum Gasteiger partial charge on any atom is 0.243 e. The van der Waals surface area contributed by atoms with Crippen molar-refractivity contribution >= 4 is 55.7 Å². The molecule has 0 saturated carbocycles. The van der Waals surface area contributed by atoms with Crippen LogP contribution in [0.5, 0.6) is 5.75 Å². The second-order valence-corrected chi connectivity index (χ2v) is 11.4. The Hall–Kier alpha value is -2.59. The lowest BCUT2D eigenvalue weighted by atomic mass is 9.99. The lowest BCUT2D eigenvalue weighted by Gasteiger charge is -2.31. The number of rotatable bonds is 9. The van der Waals surface area contributed by atoms with Crippen LogP contribution in [0.3, 0.4) is 0 Å². The topological polar surface area (TPSA) is 101 Å². The highest BCUT2D eigenvalue weighted by molar-refractivity contribution is 7.89. The molecule has 4 rings (SSSR count). The van der Waals surface area contributed by atoms with Gasteiger partial charge in [-0.2, -0.15) is 4.31 Å². The Morgan fingerprint density at radius 3 is 2.78 bits per heavy atom. The van der Waals surface area contributed by atoms with Gasteiger partial charge in [0.1, 0.15) is 5.75 Å². The molecule has 192 valence electrons. The summed E-state index contributed by atoms with van der Waals surface area (Å²) in [6.45, 7) is 1.65. The minimum absolute atomic E-state index is 0.0892. The van der Waals surface area contributed by atoms with E-state index in [1.54, 1.807) is 6.20 Å². The van der Waals surface area contributed by atoms with Crippen LogP contribution in [0.25, 0.3) is 10.9 Å². The van der Waals surface area contributed by atoms with Crippen molar-refractivity contribution < 1.29 is 17.9 Å². The van der Waals surface area contributed by atoms with E-state index in [0.717, 1.165) is 16.6 Å². The Morgan fingerprint density at radius 1 is 1.17 bits per heavy atom. The standard InChI is InChI=1S/C25H28Cl2N4O4S/c1-35-24-8-6-19(15-21(24)27)36(33,34)31-13-2-4-17(16-31)25(32)30-11-3-10-28-22-9-12-29-23-14-18(26)5-7-20(22)23/h5-9,12,14-15,17H,2-4,10-11,13,16H2,1H3,(H,28,29)(H,30,32)/t17-/m1/s1. The maximum atomic E-state index is 13.1. The van der Waals surface area contributed by atoms with Crippen molar-refractivity contribution in [1.29, 1.82) is 0 Å². The first-order chi connectivity index (χ1) is 17.3. The summed E-state index contributed by atoms with van der Waals surface area (Å²) in [5, 5.41) is 8.17. The summed E-state index contributed by atoms with van der Waals surface area (Å²) in [6, 6.07) is 11.9. The van der Waals surface area contributed by atoms with Gasteiger partial charge in [-0.1, -0.05) is 23.2 Å². The molecule has 2 N–H and O–H groups in total. The van der Waals surface area contributed by atoms with E-state index in [4.69, 9.17) is 27.9 Å². The van der Waals surface area contributed by atoms with Crippen LogP contribution in [-0.4, -0.2) is 56.9 Å². The lowest BCUT2D eigenvalue weighted by molar-refractivity contribution is -0.126. The summed E-state index contributed by atoms with van der Waals surface area (Å²) in [6.07, 6.45) is 3.70. The number of aromatic nitrogens is 1. The second-order valence-electron chi connectivity index (χ2n) is 8.59. The number of carbonyl (C=O) groups is 1. The fourth-order valence-corrected chi connectivity index (χ4v) is 6.31. The number of anilines is 1. The molecule has 8 nitrogen and oxygen atoms in total. The van der Waals surface area contributed by atoms with E-state index in [9.17, 15) is 13.2 Å². The number of hydrogen-bond acceptors (Lipinski definition) is 6. The number of carbonyl (C=O) groups excluding carboxylic acids is 1. The van der Waals surface area contributed by atoms with Crippen LogP contribution in [0.2, 0.25) is 10.0 Å². The van der Waals surface area contributed by atoms with Gasteiger partial charge in [0.05, 0.1) is 28.5 Å². The third kappa shape index (κ3) is 6.03. The van der Waals surface area contributed by atoms with Gasteiger partial charge in [0.2, 0.25) is 15.9 Å². The van der Waals surface area contributed by atoms with E-state index >= 15 is 0 Å². The van der Waals surface area contributed by atoms with Crippen molar-refractivity contribution in [1.82, 2.24) is 14.6 Å². The quantitative estimate of drug-likeness (QED) is 0.378. The average molecular weight is 551 g/mol. The minimum atomic E-state index is -3.77. The van der Waals surface area contributed by atoms with Crippen LogP contribution in [0.4, 0.5) is 5.69 Å². The molecule has 1 aliphatic rings.